The highest BCUT2D eigenvalue weighted by molar-refractivity contribution is 8.01. The molecule has 0 aromatic heterocycles. The number of rotatable bonds is 1. The molecule has 3 heteroatoms. The number of carbonyl (C=O) groups is 1. The van der Waals surface area contributed by atoms with Crippen LogP contribution in [-0.2, 0) is 4.79 Å². The molecule has 0 saturated carbocycles. The number of fused-ring (bicyclic) bond motifs is 1. The monoisotopic (exact) mass is 207 g/mol. The van der Waals surface area contributed by atoms with Crippen LogP contribution in [0.5, 0.6) is 0 Å². The van der Waals surface area contributed by atoms with Crippen LogP contribution in [0.1, 0.15) is 18.9 Å². The Kier molecular flexibility index (Phi) is 2.50. The van der Waals surface area contributed by atoms with E-state index < -0.39 is 0 Å². The zero-order valence-electron chi connectivity index (χ0n) is 8.33. The molecule has 14 heavy (non-hydrogen) atoms. The summed E-state index contributed by atoms with van der Waals surface area (Å²) < 4.78 is 0. The minimum Gasteiger partial charge on any atom is -0.324 e. The van der Waals surface area contributed by atoms with Crippen molar-refractivity contribution in [3.8, 4) is 0 Å². The summed E-state index contributed by atoms with van der Waals surface area (Å²) in [6.07, 6.45) is 0.879. The molecule has 0 radical (unpaired) electrons. The smallest absolute Gasteiger partial charge is 0.237 e. The second kappa shape index (κ2) is 3.65. The average Bonchev–Trinajstić information content (AvgIpc) is 2.16. The maximum atomic E-state index is 11.6. The van der Waals surface area contributed by atoms with Gasteiger partial charge in [0.2, 0.25) is 5.91 Å². The van der Waals surface area contributed by atoms with Crippen molar-refractivity contribution in [2.75, 3.05) is 5.32 Å². The van der Waals surface area contributed by atoms with Gasteiger partial charge in [-0.15, -0.1) is 11.8 Å². The quantitative estimate of drug-likeness (QED) is 0.767. The maximum absolute atomic E-state index is 11.6. The van der Waals surface area contributed by atoms with E-state index in [1.807, 2.05) is 19.9 Å². The molecular formula is C11H13NOS. The summed E-state index contributed by atoms with van der Waals surface area (Å²) in [4.78, 5) is 12.7. The largest absolute Gasteiger partial charge is 0.324 e. The minimum atomic E-state index is 0.0743. The van der Waals surface area contributed by atoms with E-state index in [1.54, 1.807) is 11.8 Å². The fourth-order valence-corrected chi connectivity index (χ4v) is 2.56. The number of anilines is 1. The molecule has 0 spiro atoms. The van der Waals surface area contributed by atoms with Gasteiger partial charge in [0.25, 0.3) is 0 Å². The molecule has 0 fully saturated rings. The number of hydrogen-bond acceptors (Lipinski definition) is 2. The molecule has 1 atom stereocenters. The zero-order chi connectivity index (χ0) is 10.1. The van der Waals surface area contributed by atoms with Crippen LogP contribution < -0.4 is 5.32 Å². The van der Waals surface area contributed by atoms with E-state index in [-0.39, 0.29) is 11.2 Å². The van der Waals surface area contributed by atoms with Crippen molar-refractivity contribution in [2.45, 2.75) is 30.4 Å². The number of hydrogen-bond donors (Lipinski definition) is 1. The van der Waals surface area contributed by atoms with Gasteiger partial charge < -0.3 is 5.32 Å². The topological polar surface area (TPSA) is 29.1 Å². The van der Waals surface area contributed by atoms with Gasteiger partial charge in [0.15, 0.2) is 0 Å². The van der Waals surface area contributed by atoms with Crippen LogP contribution in [0, 0.1) is 6.92 Å². The fraction of sp³-hybridized carbons (Fsp3) is 0.364. The van der Waals surface area contributed by atoms with E-state index in [0.29, 0.717) is 0 Å². The summed E-state index contributed by atoms with van der Waals surface area (Å²) in [6.45, 7) is 4.07. The lowest BCUT2D eigenvalue weighted by molar-refractivity contribution is -0.115. The third kappa shape index (κ3) is 1.64. The van der Waals surface area contributed by atoms with Crippen LogP contribution in [0.15, 0.2) is 23.1 Å². The van der Waals surface area contributed by atoms with Crippen molar-refractivity contribution >= 4 is 23.4 Å². The molecule has 1 aromatic rings. The fourth-order valence-electron chi connectivity index (χ4n) is 1.53. The third-order valence-electron chi connectivity index (χ3n) is 2.33. The van der Waals surface area contributed by atoms with Gasteiger partial charge in [-0.3, -0.25) is 4.79 Å². The van der Waals surface area contributed by atoms with Crippen molar-refractivity contribution in [2.24, 2.45) is 0 Å². The summed E-state index contributed by atoms with van der Waals surface area (Å²) >= 11 is 1.66. The molecule has 1 aliphatic rings. The Hall–Kier alpha value is -0.960. The maximum Gasteiger partial charge on any atom is 0.237 e. The van der Waals surface area contributed by atoms with Crippen molar-refractivity contribution in [1.82, 2.24) is 0 Å². The van der Waals surface area contributed by atoms with E-state index in [9.17, 15) is 4.79 Å². The van der Waals surface area contributed by atoms with E-state index >= 15 is 0 Å². The molecule has 74 valence electrons. The first-order chi connectivity index (χ1) is 6.70. The summed E-state index contributed by atoms with van der Waals surface area (Å²) in [5.41, 5.74) is 2.14. The van der Waals surface area contributed by atoms with E-state index in [1.165, 1.54) is 10.5 Å². The van der Waals surface area contributed by atoms with Crippen LogP contribution in [-0.4, -0.2) is 11.2 Å². The lowest BCUT2D eigenvalue weighted by Crippen LogP contribution is -2.28. The Morgan fingerprint density at radius 1 is 1.50 bits per heavy atom. The van der Waals surface area contributed by atoms with Gasteiger partial charge in [0.05, 0.1) is 10.9 Å². The van der Waals surface area contributed by atoms with Crippen LogP contribution in [0.2, 0.25) is 0 Å². The predicted octanol–water partition coefficient (Wildman–Crippen LogP) is 2.82. The van der Waals surface area contributed by atoms with E-state index in [2.05, 4.69) is 17.4 Å². The van der Waals surface area contributed by atoms with Crippen LogP contribution >= 0.6 is 11.8 Å². The van der Waals surface area contributed by atoms with Crippen molar-refractivity contribution < 1.29 is 4.79 Å². The summed E-state index contributed by atoms with van der Waals surface area (Å²) in [5, 5.41) is 3.02. The molecular weight excluding hydrogens is 194 g/mol. The predicted molar refractivity (Wildman–Crippen MR) is 59.7 cm³/mol. The molecule has 2 nitrogen and oxygen atoms in total. The Labute approximate surface area is 88.1 Å². The normalized spacial score (nSPS) is 20.1. The average molecular weight is 207 g/mol. The minimum absolute atomic E-state index is 0.0743. The van der Waals surface area contributed by atoms with Crippen LogP contribution in [0.4, 0.5) is 5.69 Å². The van der Waals surface area contributed by atoms with Crippen molar-refractivity contribution in [1.29, 1.82) is 0 Å². The summed E-state index contributed by atoms with van der Waals surface area (Å²) in [6, 6.07) is 6.18. The van der Waals surface area contributed by atoms with E-state index in [0.717, 1.165) is 12.1 Å². The van der Waals surface area contributed by atoms with E-state index in [4.69, 9.17) is 0 Å². The zero-order valence-corrected chi connectivity index (χ0v) is 9.15. The number of amides is 1. The Balaban J connectivity index is 2.35. The molecule has 0 aliphatic carbocycles. The number of aryl methyl sites for hydroxylation is 1. The molecule has 1 aliphatic heterocycles. The Morgan fingerprint density at radius 3 is 3.00 bits per heavy atom. The lowest BCUT2D eigenvalue weighted by Gasteiger charge is -2.23. The number of benzene rings is 1. The van der Waals surface area contributed by atoms with Gasteiger partial charge in [0, 0.05) is 4.90 Å². The first-order valence-corrected chi connectivity index (χ1v) is 5.67. The number of thioether (sulfide) groups is 1. The number of carbonyl (C=O) groups excluding carboxylic acids is 1. The lowest BCUT2D eigenvalue weighted by atomic mass is 10.2. The van der Waals surface area contributed by atoms with Crippen molar-refractivity contribution in [3.05, 3.63) is 23.8 Å². The molecule has 1 unspecified atom stereocenters. The van der Waals surface area contributed by atoms with Gasteiger partial charge in [-0.25, -0.2) is 0 Å². The molecule has 1 N–H and O–H groups in total. The summed E-state index contributed by atoms with van der Waals surface area (Å²) in [5.74, 6) is 0.135. The molecule has 2 rings (SSSR count). The SMILES string of the molecule is CCC1Sc2ccc(C)cc2NC1=O. The Morgan fingerprint density at radius 2 is 2.29 bits per heavy atom. The molecule has 0 saturated heterocycles. The Bertz CT molecular complexity index is 376. The molecule has 1 amide bonds. The van der Waals surface area contributed by atoms with Gasteiger partial charge in [-0.2, -0.15) is 0 Å². The van der Waals surface area contributed by atoms with Gasteiger partial charge in [-0.1, -0.05) is 13.0 Å². The standard InChI is InChI=1S/C11H13NOS/c1-3-9-11(13)12-8-6-7(2)4-5-10(8)14-9/h4-6,9H,3H2,1-2H3,(H,12,13). The van der Waals surface area contributed by atoms with Gasteiger partial charge in [0.1, 0.15) is 0 Å². The van der Waals surface area contributed by atoms with Crippen molar-refractivity contribution in [3.63, 3.8) is 0 Å². The first kappa shape index (κ1) is 9.59. The highest BCUT2D eigenvalue weighted by atomic mass is 32.2. The summed E-state index contributed by atoms with van der Waals surface area (Å²) in [7, 11) is 0. The first-order valence-electron chi connectivity index (χ1n) is 4.79. The molecule has 1 heterocycles. The van der Waals surface area contributed by atoms with Crippen LogP contribution in [0.3, 0.4) is 0 Å². The van der Waals surface area contributed by atoms with Gasteiger partial charge >= 0.3 is 0 Å². The second-order valence-electron chi connectivity index (χ2n) is 3.50. The highest BCUT2D eigenvalue weighted by Gasteiger charge is 2.24. The molecule has 0 bridgehead atoms. The van der Waals surface area contributed by atoms with Gasteiger partial charge in [-0.05, 0) is 31.0 Å². The second-order valence-corrected chi connectivity index (χ2v) is 4.75. The third-order valence-corrected chi connectivity index (χ3v) is 3.77. The molecule has 1 aromatic carbocycles. The highest BCUT2D eigenvalue weighted by Crippen LogP contribution is 2.37. The number of nitrogens with one attached hydrogen (secondary N) is 1. The van der Waals surface area contributed by atoms with Crippen LogP contribution in [0.25, 0.3) is 0 Å².